The van der Waals surface area contributed by atoms with E-state index in [0.29, 0.717) is 6.54 Å². The van der Waals surface area contributed by atoms with Gasteiger partial charge in [-0.1, -0.05) is 97.1 Å². The molecule has 0 bridgehead atoms. The van der Waals surface area contributed by atoms with Gasteiger partial charge in [0.05, 0.1) is 17.6 Å². The zero-order valence-electron chi connectivity index (χ0n) is 17.2. The molecule has 0 fully saturated rings. The van der Waals surface area contributed by atoms with Gasteiger partial charge in [0.15, 0.2) is 0 Å². The van der Waals surface area contributed by atoms with Gasteiger partial charge in [0.2, 0.25) is 5.91 Å². The van der Waals surface area contributed by atoms with Crippen molar-refractivity contribution >= 4 is 27.7 Å². The van der Waals surface area contributed by atoms with Crippen LogP contribution in [-0.4, -0.2) is 23.6 Å². The molecule has 0 aliphatic rings. The van der Waals surface area contributed by atoms with Crippen LogP contribution in [0.2, 0.25) is 0 Å². The van der Waals surface area contributed by atoms with E-state index >= 15 is 0 Å². The first-order chi connectivity index (χ1) is 15.3. The van der Waals surface area contributed by atoms with Crippen molar-refractivity contribution < 1.29 is 4.79 Å². The molecule has 5 aromatic rings. The van der Waals surface area contributed by atoms with Crippen molar-refractivity contribution in [2.45, 2.75) is 5.92 Å². The Hall–Kier alpha value is -3.69. The van der Waals surface area contributed by atoms with Gasteiger partial charge in [-0.25, -0.2) is 0 Å². The van der Waals surface area contributed by atoms with E-state index in [1.54, 1.807) is 0 Å². The maximum atomic E-state index is 13.3. The Morgan fingerprint density at radius 2 is 1.10 bits per heavy atom. The van der Waals surface area contributed by atoms with Gasteiger partial charge < -0.3 is 5.32 Å². The number of carbonyl (C=O) groups is 1. The van der Waals surface area contributed by atoms with Crippen molar-refractivity contribution in [1.29, 1.82) is 0 Å². The molecule has 152 valence electrons. The predicted molar refractivity (Wildman–Crippen MR) is 128 cm³/mol. The van der Waals surface area contributed by atoms with Gasteiger partial charge in [0, 0.05) is 23.2 Å². The lowest BCUT2D eigenvalue weighted by atomic mass is 9.91. The molecule has 0 amide bonds. The minimum absolute atomic E-state index is 0.0530. The van der Waals surface area contributed by atoms with Crippen LogP contribution in [0, 0.1) is 0 Å². The highest BCUT2D eigenvalue weighted by molar-refractivity contribution is 6.13. The lowest BCUT2D eigenvalue weighted by molar-refractivity contribution is 0.0922. The van der Waals surface area contributed by atoms with Gasteiger partial charge in [0.1, 0.15) is 0 Å². The summed E-state index contributed by atoms with van der Waals surface area (Å²) >= 11 is 0. The highest BCUT2D eigenvalue weighted by Crippen LogP contribution is 2.28. The molecule has 1 heterocycles. The summed E-state index contributed by atoms with van der Waals surface area (Å²) < 4.78 is 1.84. The van der Waals surface area contributed by atoms with E-state index < -0.39 is 0 Å². The zero-order chi connectivity index (χ0) is 21.0. The Kier molecular flexibility index (Phi) is 5.34. The SMILES string of the molecule is O=C(CNCC(c1ccccc1)c1ccccc1)n1c2ccccc2c2ccccc21. The molecule has 3 nitrogen and oxygen atoms in total. The second-order valence-electron chi connectivity index (χ2n) is 7.77. The minimum Gasteiger partial charge on any atom is -0.307 e. The van der Waals surface area contributed by atoms with Gasteiger partial charge >= 0.3 is 0 Å². The summed E-state index contributed by atoms with van der Waals surface area (Å²) in [4.78, 5) is 13.3. The van der Waals surface area contributed by atoms with Crippen LogP contribution >= 0.6 is 0 Å². The standard InChI is InChI=1S/C28H24N2O/c31-28(30-26-17-9-7-15-23(26)24-16-8-10-18-27(24)30)20-29-19-25(21-11-3-1-4-12-21)22-13-5-2-6-14-22/h1-18,25,29H,19-20H2. The maximum Gasteiger partial charge on any atom is 0.245 e. The Morgan fingerprint density at radius 3 is 1.61 bits per heavy atom. The summed E-state index contributed by atoms with van der Waals surface area (Å²) in [5, 5.41) is 5.65. The Labute approximate surface area is 181 Å². The molecule has 0 aliphatic carbocycles. The molecule has 0 aliphatic heterocycles. The zero-order valence-corrected chi connectivity index (χ0v) is 17.2. The second-order valence-corrected chi connectivity index (χ2v) is 7.77. The second kappa shape index (κ2) is 8.58. The smallest absolute Gasteiger partial charge is 0.245 e. The molecule has 0 atom stereocenters. The number of hydrogen-bond acceptors (Lipinski definition) is 2. The van der Waals surface area contributed by atoms with Crippen molar-refractivity contribution in [1.82, 2.24) is 9.88 Å². The van der Waals surface area contributed by atoms with Crippen molar-refractivity contribution in [3.8, 4) is 0 Å². The van der Waals surface area contributed by atoms with E-state index in [9.17, 15) is 4.79 Å². The number of nitrogens with one attached hydrogen (secondary N) is 1. The molecule has 0 saturated carbocycles. The normalized spacial score (nSPS) is 11.4. The molecular formula is C28H24N2O. The molecule has 3 heteroatoms. The quantitative estimate of drug-likeness (QED) is 0.385. The van der Waals surface area contributed by atoms with Crippen LogP contribution in [0.3, 0.4) is 0 Å². The minimum atomic E-state index is 0.0530. The number of hydrogen-bond donors (Lipinski definition) is 1. The average molecular weight is 405 g/mol. The van der Waals surface area contributed by atoms with E-state index in [1.165, 1.54) is 11.1 Å². The first-order valence-corrected chi connectivity index (χ1v) is 10.6. The lowest BCUT2D eigenvalue weighted by Gasteiger charge is -2.19. The molecule has 4 aromatic carbocycles. The molecule has 5 rings (SSSR count). The van der Waals surface area contributed by atoms with E-state index in [4.69, 9.17) is 0 Å². The van der Waals surface area contributed by atoms with Crippen LogP contribution < -0.4 is 5.32 Å². The summed E-state index contributed by atoms with van der Waals surface area (Å²) in [7, 11) is 0. The van der Waals surface area contributed by atoms with Gasteiger partial charge in [-0.2, -0.15) is 0 Å². The number of rotatable bonds is 6. The Balaban J connectivity index is 1.40. The van der Waals surface area contributed by atoms with Crippen LogP contribution in [-0.2, 0) is 0 Å². The van der Waals surface area contributed by atoms with Gasteiger partial charge in [-0.05, 0) is 23.3 Å². The predicted octanol–water partition coefficient (Wildman–Crippen LogP) is 5.86. The van der Waals surface area contributed by atoms with E-state index in [0.717, 1.165) is 21.8 Å². The molecule has 0 unspecified atom stereocenters. The van der Waals surface area contributed by atoms with Gasteiger partial charge in [-0.15, -0.1) is 0 Å². The number of carbonyl (C=O) groups excluding carboxylic acids is 1. The van der Waals surface area contributed by atoms with Crippen molar-refractivity contribution in [2.75, 3.05) is 13.1 Å². The Bertz CT molecular complexity index is 1230. The van der Waals surface area contributed by atoms with Crippen molar-refractivity contribution in [3.63, 3.8) is 0 Å². The fraction of sp³-hybridized carbons (Fsp3) is 0.107. The third-order valence-electron chi connectivity index (χ3n) is 5.86. The van der Waals surface area contributed by atoms with Crippen LogP contribution in [0.1, 0.15) is 21.8 Å². The molecule has 31 heavy (non-hydrogen) atoms. The molecule has 0 radical (unpaired) electrons. The van der Waals surface area contributed by atoms with Gasteiger partial charge in [-0.3, -0.25) is 9.36 Å². The highest BCUT2D eigenvalue weighted by Gasteiger charge is 2.17. The monoisotopic (exact) mass is 404 g/mol. The highest BCUT2D eigenvalue weighted by atomic mass is 16.2. The summed E-state index contributed by atoms with van der Waals surface area (Å²) in [5.41, 5.74) is 4.40. The summed E-state index contributed by atoms with van der Waals surface area (Å²) in [6.45, 7) is 0.968. The Morgan fingerprint density at radius 1 is 0.645 bits per heavy atom. The van der Waals surface area contributed by atoms with Crippen LogP contribution in [0.4, 0.5) is 0 Å². The first-order valence-electron chi connectivity index (χ1n) is 10.6. The largest absolute Gasteiger partial charge is 0.307 e. The molecular weight excluding hydrogens is 380 g/mol. The molecule has 0 spiro atoms. The third kappa shape index (κ3) is 3.76. The summed E-state index contributed by atoms with van der Waals surface area (Å²) in [6, 6.07) is 37.1. The number of nitrogens with zero attached hydrogens (tertiary/aromatic N) is 1. The van der Waals surface area contributed by atoms with E-state index in [1.807, 2.05) is 53.1 Å². The first kappa shape index (κ1) is 19.3. The van der Waals surface area contributed by atoms with Crippen LogP contribution in [0.5, 0.6) is 0 Å². The maximum absolute atomic E-state index is 13.3. The summed E-state index contributed by atoms with van der Waals surface area (Å²) in [6.07, 6.45) is 0. The van der Waals surface area contributed by atoms with E-state index in [-0.39, 0.29) is 18.4 Å². The third-order valence-corrected chi connectivity index (χ3v) is 5.86. The van der Waals surface area contributed by atoms with Crippen molar-refractivity contribution in [2.24, 2.45) is 0 Å². The average Bonchev–Trinajstić information content (AvgIpc) is 3.17. The topological polar surface area (TPSA) is 34.0 Å². The number of benzene rings is 4. The van der Waals surface area contributed by atoms with Crippen LogP contribution in [0.25, 0.3) is 21.8 Å². The number of fused-ring (bicyclic) bond motifs is 3. The molecule has 1 N–H and O–H groups in total. The molecule has 0 saturated heterocycles. The van der Waals surface area contributed by atoms with E-state index in [2.05, 4.69) is 66.0 Å². The van der Waals surface area contributed by atoms with Gasteiger partial charge in [0.25, 0.3) is 0 Å². The lowest BCUT2D eigenvalue weighted by Crippen LogP contribution is -2.31. The van der Waals surface area contributed by atoms with Crippen molar-refractivity contribution in [3.05, 3.63) is 120 Å². The summed E-state index contributed by atoms with van der Waals surface area (Å²) in [5.74, 6) is 0.241. The fourth-order valence-electron chi connectivity index (χ4n) is 4.39. The fourth-order valence-corrected chi connectivity index (χ4v) is 4.39. The van der Waals surface area contributed by atoms with Crippen LogP contribution in [0.15, 0.2) is 109 Å². The molecule has 1 aromatic heterocycles. The number of aromatic nitrogens is 1. The number of para-hydroxylation sites is 2.